The van der Waals surface area contributed by atoms with E-state index in [0.717, 1.165) is 31.5 Å². The molecule has 0 spiro atoms. The van der Waals surface area contributed by atoms with Crippen LogP contribution in [-0.2, 0) is 9.59 Å². The Bertz CT molecular complexity index is 720. The first-order valence-corrected chi connectivity index (χ1v) is 10.4. The van der Waals surface area contributed by atoms with Crippen molar-refractivity contribution in [2.24, 2.45) is 5.92 Å². The van der Waals surface area contributed by atoms with Gasteiger partial charge in [0.1, 0.15) is 0 Å². The molecule has 2 aliphatic rings. The summed E-state index contributed by atoms with van der Waals surface area (Å²) >= 11 is 0. The predicted octanol–water partition coefficient (Wildman–Crippen LogP) is 2.68. The van der Waals surface area contributed by atoms with E-state index in [9.17, 15) is 9.59 Å². The largest absolute Gasteiger partial charge is 0.493 e. The summed E-state index contributed by atoms with van der Waals surface area (Å²) in [6, 6.07) is 3.81. The molecule has 1 aromatic rings. The average Bonchev–Trinajstić information content (AvgIpc) is 3.22. The summed E-state index contributed by atoms with van der Waals surface area (Å²) in [7, 11) is 4.73. The Morgan fingerprint density at radius 1 is 0.931 bits per heavy atom. The van der Waals surface area contributed by atoms with Gasteiger partial charge < -0.3 is 24.0 Å². The van der Waals surface area contributed by atoms with E-state index in [1.165, 1.54) is 6.42 Å². The number of likely N-dealkylation sites (tertiary alicyclic amines) is 2. The highest BCUT2D eigenvalue weighted by atomic mass is 16.5. The molecule has 2 atom stereocenters. The van der Waals surface area contributed by atoms with Crippen LogP contribution < -0.4 is 14.2 Å². The Balaban J connectivity index is 1.96. The van der Waals surface area contributed by atoms with Crippen molar-refractivity contribution in [2.45, 2.75) is 38.5 Å². The molecule has 1 aromatic carbocycles. The minimum Gasteiger partial charge on any atom is -0.493 e. The Labute approximate surface area is 172 Å². The first-order chi connectivity index (χ1) is 14.0. The molecule has 29 heavy (non-hydrogen) atoms. The molecular weight excluding hydrogens is 372 g/mol. The molecule has 0 aliphatic carbocycles. The van der Waals surface area contributed by atoms with Gasteiger partial charge in [-0.2, -0.15) is 0 Å². The van der Waals surface area contributed by atoms with Crippen LogP contribution in [0.1, 0.15) is 44.1 Å². The van der Waals surface area contributed by atoms with Gasteiger partial charge in [-0.05, 0) is 37.0 Å². The van der Waals surface area contributed by atoms with Crippen LogP contribution in [0.2, 0.25) is 0 Å². The monoisotopic (exact) mass is 404 g/mol. The minimum absolute atomic E-state index is 0.0800. The van der Waals surface area contributed by atoms with Crippen LogP contribution in [0.15, 0.2) is 12.1 Å². The van der Waals surface area contributed by atoms with Crippen molar-refractivity contribution in [2.75, 3.05) is 47.5 Å². The summed E-state index contributed by atoms with van der Waals surface area (Å²) in [5, 5.41) is 0. The second-order valence-electron chi connectivity index (χ2n) is 7.71. The number of carbonyl (C=O) groups excluding carboxylic acids is 2. The van der Waals surface area contributed by atoms with Crippen molar-refractivity contribution >= 4 is 11.8 Å². The Kier molecular flexibility index (Phi) is 6.87. The number of amides is 2. The van der Waals surface area contributed by atoms with Gasteiger partial charge in [0.2, 0.25) is 17.6 Å². The fourth-order valence-corrected chi connectivity index (χ4v) is 4.48. The third-order valence-electron chi connectivity index (χ3n) is 6.08. The van der Waals surface area contributed by atoms with Crippen molar-refractivity contribution in [3.8, 4) is 17.2 Å². The summed E-state index contributed by atoms with van der Waals surface area (Å²) < 4.78 is 16.4. The molecule has 2 saturated heterocycles. The number of piperidine rings is 1. The molecule has 0 bridgehead atoms. The van der Waals surface area contributed by atoms with E-state index in [-0.39, 0.29) is 23.7 Å². The third-order valence-corrected chi connectivity index (χ3v) is 6.08. The number of methoxy groups -OCH3 is 3. The molecule has 2 amide bonds. The Hall–Kier alpha value is -2.44. The average molecular weight is 405 g/mol. The number of nitrogens with zero attached hydrogens (tertiary/aromatic N) is 2. The van der Waals surface area contributed by atoms with E-state index in [2.05, 4.69) is 0 Å². The molecule has 0 saturated carbocycles. The van der Waals surface area contributed by atoms with Crippen LogP contribution in [0.4, 0.5) is 0 Å². The van der Waals surface area contributed by atoms with Gasteiger partial charge >= 0.3 is 0 Å². The second-order valence-corrected chi connectivity index (χ2v) is 7.71. The van der Waals surface area contributed by atoms with Crippen LogP contribution in [0, 0.1) is 5.92 Å². The maximum atomic E-state index is 13.4. The van der Waals surface area contributed by atoms with Crippen LogP contribution in [0.25, 0.3) is 0 Å². The first-order valence-electron chi connectivity index (χ1n) is 10.4. The highest BCUT2D eigenvalue weighted by Gasteiger charge is 2.42. The number of ether oxygens (including phenoxy) is 3. The molecule has 3 rings (SSSR count). The molecule has 0 N–H and O–H groups in total. The summed E-state index contributed by atoms with van der Waals surface area (Å²) in [5.74, 6) is 1.51. The van der Waals surface area contributed by atoms with Crippen molar-refractivity contribution < 1.29 is 23.8 Å². The van der Waals surface area contributed by atoms with Gasteiger partial charge in [0.15, 0.2) is 11.5 Å². The lowest BCUT2D eigenvalue weighted by Crippen LogP contribution is -2.42. The van der Waals surface area contributed by atoms with Crippen LogP contribution in [0.3, 0.4) is 0 Å². The fourth-order valence-electron chi connectivity index (χ4n) is 4.48. The molecule has 160 valence electrons. The molecule has 7 nitrogen and oxygen atoms in total. The lowest BCUT2D eigenvalue weighted by molar-refractivity contribution is -0.136. The van der Waals surface area contributed by atoms with E-state index in [0.29, 0.717) is 36.8 Å². The molecule has 2 aliphatic heterocycles. The summed E-state index contributed by atoms with van der Waals surface area (Å²) in [6.45, 7) is 4.45. The van der Waals surface area contributed by atoms with Crippen LogP contribution >= 0.6 is 0 Å². The standard InChI is InChI=1S/C22H32N2O5/c1-5-20(25)24-13-16(17(14-24)22(26)23-9-7-6-8-10-23)15-11-18(27-2)21(29-4)19(12-15)28-3/h11-12,16-17H,5-10,13-14H2,1-4H3/t16-,17+/m0/s1. The summed E-state index contributed by atoms with van der Waals surface area (Å²) in [5.41, 5.74) is 0.932. The zero-order valence-corrected chi connectivity index (χ0v) is 17.9. The number of benzene rings is 1. The molecule has 2 fully saturated rings. The molecule has 2 heterocycles. The smallest absolute Gasteiger partial charge is 0.228 e. The summed E-state index contributed by atoms with van der Waals surface area (Å²) in [4.78, 5) is 29.6. The van der Waals surface area contributed by atoms with Gasteiger partial charge in [-0.3, -0.25) is 9.59 Å². The first kappa shape index (κ1) is 21.3. The number of hydrogen-bond acceptors (Lipinski definition) is 5. The lowest BCUT2D eigenvalue weighted by atomic mass is 9.87. The number of carbonyl (C=O) groups is 2. The van der Waals surface area contributed by atoms with Gasteiger partial charge in [0, 0.05) is 38.5 Å². The fraction of sp³-hybridized carbons (Fsp3) is 0.636. The van der Waals surface area contributed by atoms with Crippen LogP contribution in [-0.4, -0.2) is 69.1 Å². The Morgan fingerprint density at radius 3 is 2.07 bits per heavy atom. The predicted molar refractivity (Wildman–Crippen MR) is 110 cm³/mol. The van der Waals surface area contributed by atoms with Crippen molar-refractivity contribution in [1.82, 2.24) is 9.80 Å². The van der Waals surface area contributed by atoms with Gasteiger partial charge in [0.05, 0.1) is 27.2 Å². The topological polar surface area (TPSA) is 68.3 Å². The SMILES string of the molecule is CCC(=O)N1C[C@@H](C(=O)N2CCCCC2)[C@H](c2cc(OC)c(OC)c(OC)c2)C1. The van der Waals surface area contributed by atoms with Crippen LogP contribution in [0.5, 0.6) is 17.2 Å². The highest BCUT2D eigenvalue weighted by Crippen LogP contribution is 2.43. The second kappa shape index (κ2) is 9.37. The molecular formula is C22H32N2O5. The van der Waals surface area contributed by atoms with Gasteiger partial charge in [-0.15, -0.1) is 0 Å². The zero-order chi connectivity index (χ0) is 21.0. The van der Waals surface area contributed by atoms with Crippen molar-refractivity contribution in [3.63, 3.8) is 0 Å². The van der Waals surface area contributed by atoms with Gasteiger partial charge in [0.25, 0.3) is 0 Å². The lowest BCUT2D eigenvalue weighted by Gasteiger charge is -2.31. The van der Waals surface area contributed by atoms with E-state index in [1.54, 1.807) is 21.3 Å². The van der Waals surface area contributed by atoms with E-state index in [1.807, 2.05) is 28.9 Å². The molecule has 0 radical (unpaired) electrons. The van der Waals surface area contributed by atoms with Gasteiger partial charge in [-0.25, -0.2) is 0 Å². The normalized spacial score (nSPS) is 21.8. The highest BCUT2D eigenvalue weighted by molar-refractivity contribution is 5.83. The van der Waals surface area contributed by atoms with Gasteiger partial charge in [-0.1, -0.05) is 6.92 Å². The van der Waals surface area contributed by atoms with E-state index in [4.69, 9.17) is 14.2 Å². The maximum absolute atomic E-state index is 13.4. The zero-order valence-electron chi connectivity index (χ0n) is 17.9. The maximum Gasteiger partial charge on any atom is 0.228 e. The molecule has 0 unspecified atom stereocenters. The Morgan fingerprint density at radius 2 is 1.55 bits per heavy atom. The molecule has 7 heteroatoms. The number of rotatable bonds is 6. The van der Waals surface area contributed by atoms with Crippen molar-refractivity contribution in [3.05, 3.63) is 17.7 Å². The van der Waals surface area contributed by atoms with Crippen molar-refractivity contribution in [1.29, 1.82) is 0 Å². The molecule has 0 aromatic heterocycles. The van der Waals surface area contributed by atoms with E-state index < -0.39 is 0 Å². The van der Waals surface area contributed by atoms with E-state index >= 15 is 0 Å². The third kappa shape index (κ3) is 4.28. The minimum atomic E-state index is -0.258. The summed E-state index contributed by atoms with van der Waals surface area (Å²) in [6.07, 6.45) is 3.70. The number of hydrogen-bond donors (Lipinski definition) is 0. The quantitative estimate of drug-likeness (QED) is 0.729.